The first-order valence-corrected chi connectivity index (χ1v) is 9.31. The van der Waals surface area contributed by atoms with E-state index in [4.69, 9.17) is 4.74 Å². The molecule has 3 aromatic carbocycles. The number of piperazine rings is 1. The second kappa shape index (κ2) is 8.23. The van der Waals surface area contributed by atoms with Crippen molar-refractivity contribution in [2.24, 2.45) is 0 Å². The molecule has 0 amide bonds. The van der Waals surface area contributed by atoms with Crippen molar-refractivity contribution in [1.29, 1.82) is 0 Å². The van der Waals surface area contributed by atoms with Gasteiger partial charge in [-0.1, -0.05) is 42.5 Å². The van der Waals surface area contributed by atoms with E-state index in [1.165, 1.54) is 11.6 Å². The molecule has 0 atom stereocenters. The average Bonchev–Trinajstić information content (AvgIpc) is 2.70. The van der Waals surface area contributed by atoms with E-state index in [9.17, 15) is 4.39 Å². The van der Waals surface area contributed by atoms with Gasteiger partial charge >= 0.3 is 0 Å². The Morgan fingerprint density at radius 2 is 1.44 bits per heavy atom. The van der Waals surface area contributed by atoms with Crippen molar-refractivity contribution in [2.45, 2.75) is 6.54 Å². The van der Waals surface area contributed by atoms with Gasteiger partial charge in [0.25, 0.3) is 0 Å². The molecule has 27 heavy (non-hydrogen) atoms. The summed E-state index contributed by atoms with van der Waals surface area (Å²) in [6.45, 7) is 4.37. The molecule has 1 saturated heterocycles. The molecule has 0 radical (unpaired) electrons. The zero-order valence-corrected chi connectivity index (χ0v) is 15.2. The van der Waals surface area contributed by atoms with Gasteiger partial charge in [0.05, 0.1) is 5.69 Å². The van der Waals surface area contributed by atoms with Crippen molar-refractivity contribution in [3.05, 3.63) is 90.2 Å². The molecule has 1 heterocycles. The highest BCUT2D eigenvalue weighted by Crippen LogP contribution is 2.24. The third-order valence-electron chi connectivity index (χ3n) is 4.85. The van der Waals surface area contributed by atoms with E-state index >= 15 is 0 Å². The summed E-state index contributed by atoms with van der Waals surface area (Å²) < 4.78 is 19.9. The van der Waals surface area contributed by atoms with Crippen LogP contribution < -0.4 is 9.64 Å². The Hall–Kier alpha value is -2.85. The molecule has 4 rings (SSSR count). The molecule has 0 saturated carbocycles. The van der Waals surface area contributed by atoms with Crippen LogP contribution in [0.5, 0.6) is 11.5 Å². The third kappa shape index (κ3) is 4.47. The van der Waals surface area contributed by atoms with E-state index in [1.54, 1.807) is 6.07 Å². The van der Waals surface area contributed by atoms with Crippen molar-refractivity contribution in [3.63, 3.8) is 0 Å². The first-order chi connectivity index (χ1) is 13.3. The van der Waals surface area contributed by atoms with Gasteiger partial charge in [0.1, 0.15) is 17.3 Å². The Morgan fingerprint density at radius 3 is 2.22 bits per heavy atom. The van der Waals surface area contributed by atoms with Gasteiger partial charge in [-0.3, -0.25) is 4.90 Å². The van der Waals surface area contributed by atoms with Crippen LogP contribution >= 0.6 is 0 Å². The molecule has 1 aliphatic heterocycles. The zero-order valence-electron chi connectivity index (χ0n) is 15.2. The lowest BCUT2D eigenvalue weighted by molar-refractivity contribution is 0.249. The van der Waals surface area contributed by atoms with E-state index < -0.39 is 0 Å². The van der Waals surface area contributed by atoms with E-state index in [0.717, 1.165) is 44.2 Å². The summed E-state index contributed by atoms with van der Waals surface area (Å²) in [6.07, 6.45) is 0. The van der Waals surface area contributed by atoms with Crippen LogP contribution in [-0.4, -0.2) is 31.1 Å². The Bertz CT molecular complexity index is 876. The number of rotatable bonds is 5. The van der Waals surface area contributed by atoms with Crippen LogP contribution in [0, 0.1) is 5.82 Å². The van der Waals surface area contributed by atoms with Gasteiger partial charge in [-0.25, -0.2) is 4.39 Å². The van der Waals surface area contributed by atoms with E-state index in [1.807, 2.05) is 54.6 Å². The molecule has 0 bridgehead atoms. The van der Waals surface area contributed by atoms with Gasteiger partial charge in [-0.05, 0) is 42.0 Å². The zero-order chi connectivity index (χ0) is 18.5. The predicted octanol–water partition coefficient (Wildman–Crippen LogP) is 4.94. The summed E-state index contributed by atoms with van der Waals surface area (Å²) in [4.78, 5) is 4.53. The second-order valence-electron chi connectivity index (χ2n) is 6.78. The molecule has 0 aliphatic carbocycles. The lowest BCUT2D eigenvalue weighted by Gasteiger charge is -2.36. The molecule has 1 aliphatic rings. The predicted molar refractivity (Wildman–Crippen MR) is 107 cm³/mol. The molecule has 0 aromatic heterocycles. The van der Waals surface area contributed by atoms with Gasteiger partial charge in [0.15, 0.2) is 0 Å². The molecule has 0 N–H and O–H groups in total. The van der Waals surface area contributed by atoms with Crippen molar-refractivity contribution in [2.75, 3.05) is 31.1 Å². The maximum absolute atomic E-state index is 14.0. The monoisotopic (exact) mass is 362 g/mol. The maximum Gasteiger partial charge on any atom is 0.146 e. The van der Waals surface area contributed by atoms with Crippen LogP contribution in [0.2, 0.25) is 0 Å². The molecule has 1 fully saturated rings. The molecule has 3 aromatic rings. The van der Waals surface area contributed by atoms with Crippen LogP contribution in [0.1, 0.15) is 5.56 Å². The van der Waals surface area contributed by atoms with Crippen molar-refractivity contribution in [3.8, 4) is 11.5 Å². The summed E-state index contributed by atoms with van der Waals surface area (Å²) in [7, 11) is 0. The minimum atomic E-state index is -0.142. The first-order valence-electron chi connectivity index (χ1n) is 9.31. The van der Waals surface area contributed by atoms with Crippen LogP contribution in [0.15, 0.2) is 78.9 Å². The standard InChI is InChI=1S/C23H23FN2O/c24-22-11-4-5-12-23(22)26-15-13-25(14-16-26)18-19-7-6-10-21(17-19)27-20-8-2-1-3-9-20/h1-12,17H,13-16,18H2. The highest BCUT2D eigenvalue weighted by atomic mass is 19.1. The maximum atomic E-state index is 14.0. The fourth-order valence-corrected chi connectivity index (χ4v) is 3.45. The van der Waals surface area contributed by atoms with Crippen molar-refractivity contribution < 1.29 is 9.13 Å². The van der Waals surface area contributed by atoms with Gasteiger partial charge in [0.2, 0.25) is 0 Å². The SMILES string of the molecule is Fc1ccccc1N1CCN(Cc2cccc(Oc3ccccc3)c2)CC1. The van der Waals surface area contributed by atoms with Crippen LogP contribution in [0.25, 0.3) is 0 Å². The largest absolute Gasteiger partial charge is 0.457 e. The number of benzene rings is 3. The summed E-state index contributed by atoms with van der Waals surface area (Å²) in [5.41, 5.74) is 1.93. The van der Waals surface area contributed by atoms with Gasteiger partial charge in [0, 0.05) is 32.7 Å². The Balaban J connectivity index is 1.35. The van der Waals surface area contributed by atoms with E-state index in [2.05, 4.69) is 21.9 Å². The van der Waals surface area contributed by atoms with Gasteiger partial charge in [-0.15, -0.1) is 0 Å². The van der Waals surface area contributed by atoms with Crippen molar-refractivity contribution >= 4 is 5.69 Å². The molecular formula is C23H23FN2O. The number of para-hydroxylation sites is 2. The minimum absolute atomic E-state index is 0.142. The number of nitrogens with zero attached hydrogens (tertiary/aromatic N) is 2. The summed E-state index contributed by atoms with van der Waals surface area (Å²) in [5.74, 6) is 1.55. The lowest BCUT2D eigenvalue weighted by Crippen LogP contribution is -2.46. The fourth-order valence-electron chi connectivity index (χ4n) is 3.45. The summed E-state index contributed by atoms with van der Waals surface area (Å²) in [5, 5.41) is 0. The number of hydrogen-bond donors (Lipinski definition) is 0. The smallest absolute Gasteiger partial charge is 0.146 e. The number of ether oxygens (including phenoxy) is 1. The van der Waals surface area contributed by atoms with Gasteiger partial charge in [-0.2, -0.15) is 0 Å². The molecular weight excluding hydrogens is 339 g/mol. The normalized spacial score (nSPS) is 14.9. The quantitative estimate of drug-likeness (QED) is 0.639. The average molecular weight is 362 g/mol. The molecule has 0 unspecified atom stereocenters. The lowest BCUT2D eigenvalue weighted by atomic mass is 10.1. The van der Waals surface area contributed by atoms with E-state index in [-0.39, 0.29) is 5.82 Å². The summed E-state index contributed by atoms with van der Waals surface area (Å²) in [6, 6.07) is 25.1. The highest BCUT2D eigenvalue weighted by molar-refractivity contribution is 5.48. The topological polar surface area (TPSA) is 15.7 Å². The van der Waals surface area contributed by atoms with Crippen LogP contribution in [0.4, 0.5) is 10.1 Å². The highest BCUT2D eigenvalue weighted by Gasteiger charge is 2.19. The van der Waals surface area contributed by atoms with Crippen LogP contribution in [0.3, 0.4) is 0 Å². The van der Waals surface area contributed by atoms with Crippen molar-refractivity contribution in [1.82, 2.24) is 4.90 Å². The number of hydrogen-bond acceptors (Lipinski definition) is 3. The van der Waals surface area contributed by atoms with Crippen LogP contribution in [-0.2, 0) is 6.54 Å². The Kier molecular flexibility index (Phi) is 5.35. The third-order valence-corrected chi connectivity index (χ3v) is 4.85. The van der Waals surface area contributed by atoms with Gasteiger partial charge < -0.3 is 9.64 Å². The van der Waals surface area contributed by atoms with E-state index in [0.29, 0.717) is 5.69 Å². The second-order valence-corrected chi connectivity index (χ2v) is 6.78. The number of halogens is 1. The number of anilines is 1. The molecule has 0 spiro atoms. The molecule has 4 heteroatoms. The summed E-state index contributed by atoms with van der Waals surface area (Å²) >= 11 is 0. The molecule has 3 nitrogen and oxygen atoms in total. The Labute approximate surface area is 159 Å². The molecule has 138 valence electrons. The first kappa shape index (κ1) is 17.6. The fraction of sp³-hybridized carbons (Fsp3) is 0.217. The Morgan fingerprint density at radius 1 is 0.741 bits per heavy atom. The minimum Gasteiger partial charge on any atom is -0.457 e.